The van der Waals surface area contributed by atoms with Crippen molar-refractivity contribution in [1.82, 2.24) is 9.88 Å². The molecule has 3 rings (SSSR count). The molecule has 0 atom stereocenters. The summed E-state index contributed by atoms with van der Waals surface area (Å²) in [4.78, 5) is 19.0. The molecule has 6 heteroatoms. The summed E-state index contributed by atoms with van der Waals surface area (Å²) in [7, 11) is 0. The Morgan fingerprint density at radius 3 is 2.86 bits per heavy atom. The summed E-state index contributed by atoms with van der Waals surface area (Å²) in [5, 5.41) is 2.05. The fourth-order valence-corrected chi connectivity index (χ4v) is 4.18. The molecule has 1 saturated heterocycles. The lowest BCUT2D eigenvalue weighted by Gasteiger charge is -2.27. The minimum absolute atomic E-state index is 0.106. The molecule has 1 fully saturated rings. The van der Waals surface area contributed by atoms with Crippen LogP contribution in [0.1, 0.15) is 21.6 Å². The highest BCUT2D eigenvalue weighted by atomic mass is 32.2. The second kappa shape index (κ2) is 7.26. The predicted molar refractivity (Wildman–Crippen MR) is 89.6 cm³/mol. The number of aromatic nitrogens is 1. The number of thiazole rings is 1. The number of carbonyl (C=O) groups is 1. The lowest BCUT2D eigenvalue weighted by atomic mass is 10.1. The van der Waals surface area contributed by atoms with Gasteiger partial charge in [-0.15, -0.1) is 11.3 Å². The van der Waals surface area contributed by atoms with Gasteiger partial charge in [-0.3, -0.25) is 4.79 Å². The molecular formula is C16H18N2O2S2. The van der Waals surface area contributed by atoms with Crippen molar-refractivity contribution in [2.24, 2.45) is 0 Å². The number of ether oxygens (including phenoxy) is 1. The molecule has 0 radical (unpaired) electrons. The zero-order chi connectivity index (χ0) is 15.4. The summed E-state index contributed by atoms with van der Waals surface area (Å²) in [6.45, 7) is 4.59. The van der Waals surface area contributed by atoms with Crippen molar-refractivity contribution in [3.63, 3.8) is 0 Å². The summed E-state index contributed by atoms with van der Waals surface area (Å²) >= 11 is 3.34. The highest BCUT2D eigenvalue weighted by molar-refractivity contribution is 8.00. The van der Waals surface area contributed by atoms with Crippen molar-refractivity contribution in [2.45, 2.75) is 17.0 Å². The number of morpholine rings is 1. The summed E-state index contributed by atoms with van der Waals surface area (Å²) in [5.74, 6) is 0.869. The molecule has 0 saturated carbocycles. The molecule has 0 bridgehead atoms. The van der Waals surface area contributed by atoms with E-state index in [1.165, 1.54) is 0 Å². The van der Waals surface area contributed by atoms with Crippen LogP contribution in [-0.2, 0) is 10.5 Å². The third kappa shape index (κ3) is 3.69. The van der Waals surface area contributed by atoms with Crippen LogP contribution in [0.25, 0.3) is 0 Å². The number of amides is 1. The smallest absolute Gasteiger partial charge is 0.254 e. The molecule has 1 aliphatic heterocycles. The largest absolute Gasteiger partial charge is 0.378 e. The molecule has 0 unspecified atom stereocenters. The maximum absolute atomic E-state index is 12.7. The minimum Gasteiger partial charge on any atom is -0.378 e. The number of nitrogens with zero attached hydrogens (tertiary/aromatic N) is 2. The van der Waals surface area contributed by atoms with Crippen molar-refractivity contribution in [3.05, 3.63) is 46.5 Å². The molecular weight excluding hydrogens is 316 g/mol. The molecule has 2 aromatic rings. The Kier molecular flexibility index (Phi) is 5.12. The van der Waals surface area contributed by atoms with E-state index in [9.17, 15) is 4.79 Å². The maximum atomic E-state index is 12.7. The molecule has 1 aliphatic rings. The fourth-order valence-electron chi connectivity index (χ4n) is 2.33. The fraction of sp³-hybridized carbons (Fsp3) is 0.375. The Balaban J connectivity index is 1.72. The van der Waals surface area contributed by atoms with E-state index >= 15 is 0 Å². The van der Waals surface area contributed by atoms with Gasteiger partial charge in [0.05, 0.1) is 13.2 Å². The van der Waals surface area contributed by atoms with Crippen LogP contribution in [0.15, 0.2) is 34.0 Å². The average Bonchev–Trinajstić information content (AvgIpc) is 2.99. The lowest BCUT2D eigenvalue weighted by molar-refractivity contribution is 0.0302. The normalized spacial score (nSPS) is 15.0. The molecule has 0 N–H and O–H groups in total. The summed E-state index contributed by atoms with van der Waals surface area (Å²) in [5.41, 5.74) is 2.91. The first-order chi connectivity index (χ1) is 10.7. The zero-order valence-corrected chi connectivity index (χ0v) is 14.1. The topological polar surface area (TPSA) is 42.4 Å². The Morgan fingerprint density at radius 2 is 2.14 bits per heavy atom. The summed E-state index contributed by atoms with van der Waals surface area (Å²) in [6.07, 6.45) is 0. The third-order valence-electron chi connectivity index (χ3n) is 3.50. The van der Waals surface area contributed by atoms with E-state index in [-0.39, 0.29) is 5.91 Å². The molecule has 1 amide bonds. The zero-order valence-electron chi connectivity index (χ0n) is 12.4. The van der Waals surface area contributed by atoms with Gasteiger partial charge in [0.1, 0.15) is 4.34 Å². The van der Waals surface area contributed by atoms with Gasteiger partial charge in [-0.25, -0.2) is 4.98 Å². The van der Waals surface area contributed by atoms with Gasteiger partial charge in [0.2, 0.25) is 0 Å². The molecule has 4 nitrogen and oxygen atoms in total. The predicted octanol–water partition coefficient (Wildman–Crippen LogP) is 3.22. The van der Waals surface area contributed by atoms with E-state index in [1.807, 2.05) is 41.5 Å². The molecule has 1 aromatic carbocycles. The standard InChI is InChI=1S/C16H18N2O2S2/c1-12-10-21-16(17-12)22-11-13-4-2-3-5-14(13)15(19)18-6-8-20-9-7-18/h2-5,10H,6-9,11H2,1H3. The SMILES string of the molecule is Cc1csc(SCc2ccccc2C(=O)N2CCOCC2)n1. The van der Waals surface area contributed by atoms with Gasteiger partial charge in [0.25, 0.3) is 5.91 Å². The highest BCUT2D eigenvalue weighted by Gasteiger charge is 2.20. The van der Waals surface area contributed by atoms with Crippen LogP contribution in [0, 0.1) is 6.92 Å². The van der Waals surface area contributed by atoms with E-state index in [0.717, 1.165) is 26.9 Å². The Bertz CT molecular complexity index is 651. The molecule has 22 heavy (non-hydrogen) atoms. The van der Waals surface area contributed by atoms with Gasteiger partial charge in [-0.05, 0) is 18.6 Å². The first-order valence-corrected chi connectivity index (χ1v) is 9.10. The van der Waals surface area contributed by atoms with Gasteiger partial charge in [-0.1, -0.05) is 30.0 Å². The highest BCUT2D eigenvalue weighted by Crippen LogP contribution is 2.27. The number of benzene rings is 1. The number of rotatable bonds is 4. The Morgan fingerprint density at radius 1 is 1.36 bits per heavy atom. The van der Waals surface area contributed by atoms with E-state index in [0.29, 0.717) is 26.3 Å². The summed E-state index contributed by atoms with van der Waals surface area (Å²) < 4.78 is 6.37. The number of hydrogen-bond donors (Lipinski definition) is 0. The average molecular weight is 334 g/mol. The van der Waals surface area contributed by atoms with Gasteiger partial charge < -0.3 is 9.64 Å². The number of carbonyl (C=O) groups excluding carboxylic acids is 1. The van der Waals surface area contributed by atoms with Crippen molar-refractivity contribution < 1.29 is 9.53 Å². The van der Waals surface area contributed by atoms with Crippen LogP contribution >= 0.6 is 23.1 Å². The van der Waals surface area contributed by atoms with Crippen molar-refractivity contribution in [2.75, 3.05) is 26.3 Å². The van der Waals surface area contributed by atoms with Gasteiger partial charge in [-0.2, -0.15) is 0 Å². The second-order valence-electron chi connectivity index (χ2n) is 5.11. The first-order valence-electron chi connectivity index (χ1n) is 7.24. The van der Waals surface area contributed by atoms with E-state index < -0.39 is 0 Å². The van der Waals surface area contributed by atoms with Crippen molar-refractivity contribution in [3.8, 4) is 0 Å². The first kappa shape index (κ1) is 15.5. The monoisotopic (exact) mass is 334 g/mol. The minimum atomic E-state index is 0.106. The molecule has 0 aliphatic carbocycles. The number of thioether (sulfide) groups is 1. The van der Waals surface area contributed by atoms with Crippen LogP contribution in [-0.4, -0.2) is 42.1 Å². The number of hydrogen-bond acceptors (Lipinski definition) is 5. The van der Waals surface area contributed by atoms with Crippen LogP contribution < -0.4 is 0 Å². The Labute approximate surface area is 138 Å². The van der Waals surface area contributed by atoms with Crippen molar-refractivity contribution >= 4 is 29.0 Å². The molecule has 116 valence electrons. The van der Waals surface area contributed by atoms with E-state index in [1.54, 1.807) is 23.1 Å². The third-order valence-corrected chi connectivity index (χ3v) is 5.68. The van der Waals surface area contributed by atoms with E-state index in [4.69, 9.17) is 4.74 Å². The van der Waals surface area contributed by atoms with Crippen molar-refractivity contribution in [1.29, 1.82) is 0 Å². The molecule has 2 heterocycles. The van der Waals surface area contributed by atoms with Crippen LogP contribution in [0.5, 0.6) is 0 Å². The number of aryl methyl sites for hydroxylation is 1. The second-order valence-corrected chi connectivity index (χ2v) is 7.19. The lowest BCUT2D eigenvalue weighted by Crippen LogP contribution is -2.41. The molecule has 0 spiro atoms. The van der Waals surface area contributed by atoms with Crippen LogP contribution in [0.4, 0.5) is 0 Å². The quantitative estimate of drug-likeness (QED) is 0.805. The van der Waals surface area contributed by atoms with Crippen LogP contribution in [0.3, 0.4) is 0 Å². The van der Waals surface area contributed by atoms with Gasteiger partial charge in [0, 0.05) is 35.5 Å². The maximum Gasteiger partial charge on any atom is 0.254 e. The summed E-state index contributed by atoms with van der Waals surface area (Å²) in [6, 6.07) is 7.86. The molecule has 1 aromatic heterocycles. The Hall–Kier alpha value is -1.37. The van der Waals surface area contributed by atoms with E-state index in [2.05, 4.69) is 4.98 Å². The van der Waals surface area contributed by atoms with Crippen LogP contribution in [0.2, 0.25) is 0 Å². The van der Waals surface area contributed by atoms with Gasteiger partial charge >= 0.3 is 0 Å². The van der Waals surface area contributed by atoms with Gasteiger partial charge in [0.15, 0.2) is 0 Å².